The molecule has 1 N–H and O–H groups in total. The van der Waals surface area contributed by atoms with Gasteiger partial charge < -0.3 is 14.8 Å². The maximum atomic E-state index is 12.8. The number of hydrogen-bond acceptors (Lipinski definition) is 5. The summed E-state index contributed by atoms with van der Waals surface area (Å²) in [5.41, 5.74) is 0.766. The van der Waals surface area contributed by atoms with Crippen LogP contribution in [0, 0.1) is 0 Å². The molecular weight excluding hydrogens is 358 g/mol. The van der Waals surface area contributed by atoms with Crippen LogP contribution in [-0.4, -0.2) is 42.9 Å². The van der Waals surface area contributed by atoms with Crippen molar-refractivity contribution in [3.8, 4) is 11.5 Å². The predicted molar refractivity (Wildman–Crippen MR) is 106 cm³/mol. The number of carbonyl (C=O) groups is 2. The molecule has 2 aromatic rings. The molecular formula is C21H23N3O4. The zero-order chi connectivity index (χ0) is 20.1. The SMILES string of the molecule is COc1cc(/C=N\N2C(=O)N[C@@](C)(CCc3ccccc3)C2=O)cc(OC)c1. The Bertz CT molecular complexity index is 876. The number of hydrogen-bond donors (Lipinski definition) is 1. The number of carbonyl (C=O) groups excluding carboxylic acids is 2. The first-order valence-electron chi connectivity index (χ1n) is 8.93. The van der Waals surface area contributed by atoms with Crippen LogP contribution in [0.3, 0.4) is 0 Å². The molecule has 0 bridgehead atoms. The molecule has 0 aromatic heterocycles. The van der Waals surface area contributed by atoms with Gasteiger partial charge in [-0.05, 0) is 37.5 Å². The molecule has 1 atom stereocenters. The van der Waals surface area contributed by atoms with Crippen LogP contribution >= 0.6 is 0 Å². The average Bonchev–Trinajstić information content (AvgIpc) is 2.93. The van der Waals surface area contributed by atoms with Gasteiger partial charge in [-0.15, -0.1) is 5.01 Å². The van der Waals surface area contributed by atoms with Crippen LogP contribution in [0.25, 0.3) is 0 Å². The van der Waals surface area contributed by atoms with E-state index in [-0.39, 0.29) is 5.91 Å². The van der Waals surface area contributed by atoms with Crippen LogP contribution in [0.2, 0.25) is 0 Å². The molecule has 0 spiro atoms. The molecule has 1 saturated heterocycles. The Labute approximate surface area is 163 Å². The van der Waals surface area contributed by atoms with Crippen LogP contribution in [0.4, 0.5) is 4.79 Å². The van der Waals surface area contributed by atoms with E-state index in [0.717, 1.165) is 10.6 Å². The average molecular weight is 381 g/mol. The summed E-state index contributed by atoms with van der Waals surface area (Å²) >= 11 is 0. The third-order valence-corrected chi connectivity index (χ3v) is 4.69. The fraction of sp³-hybridized carbons (Fsp3) is 0.286. The summed E-state index contributed by atoms with van der Waals surface area (Å²) < 4.78 is 10.4. The minimum atomic E-state index is -0.990. The Morgan fingerprint density at radius 1 is 1.07 bits per heavy atom. The molecule has 0 aliphatic carbocycles. The quantitative estimate of drug-likeness (QED) is 0.591. The molecule has 1 fully saturated rings. The Morgan fingerprint density at radius 3 is 2.32 bits per heavy atom. The molecule has 146 valence electrons. The highest BCUT2D eigenvalue weighted by atomic mass is 16.5. The first-order chi connectivity index (χ1) is 13.4. The number of hydrazone groups is 1. The molecule has 0 saturated carbocycles. The largest absolute Gasteiger partial charge is 0.497 e. The molecule has 7 nitrogen and oxygen atoms in total. The number of urea groups is 1. The summed E-state index contributed by atoms with van der Waals surface area (Å²) in [6, 6.07) is 14.5. The van der Waals surface area contributed by atoms with Gasteiger partial charge in [-0.1, -0.05) is 30.3 Å². The van der Waals surface area contributed by atoms with Gasteiger partial charge in [0.05, 0.1) is 20.4 Å². The Kier molecular flexibility index (Phi) is 5.63. The van der Waals surface area contributed by atoms with Crippen LogP contribution < -0.4 is 14.8 Å². The number of benzene rings is 2. The van der Waals surface area contributed by atoms with Crippen molar-refractivity contribution < 1.29 is 19.1 Å². The lowest BCUT2D eigenvalue weighted by Crippen LogP contribution is -2.44. The van der Waals surface area contributed by atoms with Gasteiger partial charge in [0.15, 0.2) is 0 Å². The van der Waals surface area contributed by atoms with Crippen molar-refractivity contribution in [2.45, 2.75) is 25.3 Å². The predicted octanol–water partition coefficient (Wildman–Crippen LogP) is 2.98. The summed E-state index contributed by atoms with van der Waals surface area (Å²) in [4.78, 5) is 25.1. The zero-order valence-electron chi connectivity index (χ0n) is 16.1. The zero-order valence-corrected chi connectivity index (χ0v) is 16.1. The van der Waals surface area contributed by atoms with E-state index >= 15 is 0 Å². The van der Waals surface area contributed by atoms with Crippen LogP contribution in [0.1, 0.15) is 24.5 Å². The maximum absolute atomic E-state index is 12.8. The van der Waals surface area contributed by atoms with Gasteiger partial charge in [-0.3, -0.25) is 4.79 Å². The minimum absolute atomic E-state index is 0.375. The minimum Gasteiger partial charge on any atom is -0.497 e. The molecule has 3 amide bonds. The molecule has 1 heterocycles. The highest BCUT2D eigenvalue weighted by Gasteiger charge is 2.47. The van der Waals surface area contributed by atoms with Gasteiger partial charge in [0, 0.05) is 11.6 Å². The van der Waals surface area contributed by atoms with Crippen molar-refractivity contribution >= 4 is 18.2 Å². The van der Waals surface area contributed by atoms with Crippen molar-refractivity contribution in [1.29, 1.82) is 0 Å². The van der Waals surface area contributed by atoms with Gasteiger partial charge in [-0.2, -0.15) is 5.10 Å². The van der Waals surface area contributed by atoms with Gasteiger partial charge in [0.25, 0.3) is 5.91 Å². The summed E-state index contributed by atoms with van der Waals surface area (Å²) in [5, 5.41) is 7.72. The van der Waals surface area contributed by atoms with Crippen molar-refractivity contribution in [1.82, 2.24) is 10.3 Å². The van der Waals surface area contributed by atoms with Gasteiger partial charge in [-0.25, -0.2) is 4.79 Å². The van der Waals surface area contributed by atoms with Gasteiger partial charge in [0.1, 0.15) is 17.0 Å². The van der Waals surface area contributed by atoms with E-state index in [1.807, 2.05) is 30.3 Å². The molecule has 0 unspecified atom stereocenters. The first-order valence-corrected chi connectivity index (χ1v) is 8.93. The normalized spacial score (nSPS) is 19.2. The monoisotopic (exact) mass is 381 g/mol. The molecule has 1 aliphatic heterocycles. The van der Waals surface area contributed by atoms with E-state index in [1.165, 1.54) is 6.21 Å². The van der Waals surface area contributed by atoms with Gasteiger partial charge >= 0.3 is 6.03 Å². The maximum Gasteiger partial charge on any atom is 0.346 e. The van der Waals surface area contributed by atoms with E-state index < -0.39 is 11.6 Å². The second-order valence-corrected chi connectivity index (χ2v) is 6.76. The van der Waals surface area contributed by atoms with E-state index in [2.05, 4.69) is 10.4 Å². The van der Waals surface area contributed by atoms with Crippen LogP contribution in [0.5, 0.6) is 11.5 Å². The Hall–Kier alpha value is -3.35. The summed E-state index contributed by atoms with van der Waals surface area (Å²) in [6.45, 7) is 1.72. The third-order valence-electron chi connectivity index (χ3n) is 4.69. The smallest absolute Gasteiger partial charge is 0.346 e. The van der Waals surface area contributed by atoms with Crippen molar-refractivity contribution in [3.63, 3.8) is 0 Å². The molecule has 7 heteroatoms. The molecule has 28 heavy (non-hydrogen) atoms. The third kappa shape index (κ3) is 4.14. The number of rotatable bonds is 7. The summed E-state index contributed by atoms with van der Waals surface area (Å²) in [5.74, 6) is 0.802. The number of amides is 3. The fourth-order valence-electron chi connectivity index (χ4n) is 3.01. The second-order valence-electron chi connectivity index (χ2n) is 6.76. The fourth-order valence-corrected chi connectivity index (χ4v) is 3.01. The number of imide groups is 1. The lowest BCUT2D eigenvalue weighted by atomic mass is 9.93. The second kappa shape index (κ2) is 8.12. The lowest BCUT2D eigenvalue weighted by Gasteiger charge is -2.20. The van der Waals surface area contributed by atoms with Crippen molar-refractivity contribution in [2.75, 3.05) is 14.2 Å². The topological polar surface area (TPSA) is 80.2 Å². The Morgan fingerprint density at radius 2 is 1.71 bits per heavy atom. The summed E-state index contributed by atoms with van der Waals surface area (Å²) in [7, 11) is 3.09. The molecule has 2 aromatic carbocycles. The van der Waals surface area contributed by atoms with Gasteiger partial charge in [0.2, 0.25) is 0 Å². The molecule has 3 rings (SSSR count). The van der Waals surface area contributed by atoms with Crippen LogP contribution in [-0.2, 0) is 11.2 Å². The summed E-state index contributed by atoms with van der Waals surface area (Å²) in [6.07, 6.45) is 2.60. The van der Waals surface area contributed by atoms with Crippen LogP contribution in [0.15, 0.2) is 53.6 Å². The van der Waals surface area contributed by atoms with E-state index in [0.29, 0.717) is 29.9 Å². The molecule has 1 aliphatic rings. The van der Waals surface area contributed by atoms with E-state index in [9.17, 15) is 9.59 Å². The lowest BCUT2D eigenvalue weighted by molar-refractivity contribution is -0.130. The standard InChI is InChI=1S/C21H23N3O4/c1-21(10-9-15-7-5-4-6-8-15)19(25)24(20(26)23-21)22-14-16-11-17(27-2)13-18(12-16)28-3/h4-8,11-14H,9-10H2,1-3H3,(H,23,26)/b22-14-/t21-/m0/s1. The number of methoxy groups -OCH3 is 2. The number of nitrogens with one attached hydrogen (secondary N) is 1. The van der Waals surface area contributed by atoms with Crippen molar-refractivity contribution in [2.24, 2.45) is 5.10 Å². The highest BCUT2D eigenvalue weighted by molar-refractivity contribution is 6.07. The number of aryl methyl sites for hydroxylation is 1. The van der Waals surface area contributed by atoms with Crippen molar-refractivity contribution in [3.05, 3.63) is 59.7 Å². The highest BCUT2D eigenvalue weighted by Crippen LogP contribution is 2.25. The van der Waals surface area contributed by atoms with E-state index in [1.54, 1.807) is 39.3 Å². The Balaban J connectivity index is 1.73. The number of nitrogens with zero attached hydrogens (tertiary/aromatic N) is 2. The first kappa shape index (κ1) is 19.4. The number of ether oxygens (including phenoxy) is 2. The van der Waals surface area contributed by atoms with E-state index in [4.69, 9.17) is 9.47 Å². The molecule has 0 radical (unpaired) electrons.